The summed E-state index contributed by atoms with van der Waals surface area (Å²) in [4.78, 5) is 0. The molecule has 1 aliphatic rings. The van der Waals surface area contributed by atoms with E-state index >= 15 is 0 Å². The van der Waals surface area contributed by atoms with Crippen molar-refractivity contribution in [1.82, 2.24) is 10.0 Å². The Morgan fingerprint density at radius 3 is 2.62 bits per heavy atom. The highest BCUT2D eigenvalue weighted by Gasteiger charge is 2.26. The molecule has 0 amide bonds. The van der Waals surface area contributed by atoms with Gasteiger partial charge in [-0.1, -0.05) is 6.92 Å². The summed E-state index contributed by atoms with van der Waals surface area (Å²) in [6.45, 7) is 4.59. The van der Waals surface area contributed by atoms with Crippen LogP contribution in [0.1, 0.15) is 19.8 Å². The highest BCUT2D eigenvalue weighted by atomic mass is 32.2. The van der Waals surface area contributed by atoms with Gasteiger partial charge in [0.2, 0.25) is 10.0 Å². The van der Waals surface area contributed by atoms with Gasteiger partial charge < -0.3 is 10.1 Å². The molecule has 0 aromatic heterocycles. The van der Waals surface area contributed by atoms with Gasteiger partial charge in [-0.05, 0) is 31.8 Å². The van der Waals surface area contributed by atoms with Gasteiger partial charge in [-0.15, -0.1) is 0 Å². The van der Waals surface area contributed by atoms with Gasteiger partial charge in [-0.2, -0.15) is 0 Å². The van der Waals surface area contributed by atoms with Crippen molar-refractivity contribution in [2.24, 2.45) is 5.92 Å². The van der Waals surface area contributed by atoms with Gasteiger partial charge in [-0.25, -0.2) is 13.1 Å². The van der Waals surface area contributed by atoms with Crippen molar-refractivity contribution in [2.45, 2.75) is 25.0 Å². The molecule has 0 radical (unpaired) electrons. The van der Waals surface area contributed by atoms with E-state index < -0.39 is 10.0 Å². The van der Waals surface area contributed by atoms with Gasteiger partial charge in [0.15, 0.2) is 0 Å². The first-order chi connectivity index (χ1) is 7.56. The molecule has 1 aliphatic heterocycles. The maximum atomic E-state index is 11.9. The zero-order valence-electron chi connectivity index (χ0n) is 10.0. The number of hydrogen-bond acceptors (Lipinski definition) is 4. The quantitative estimate of drug-likeness (QED) is 0.693. The van der Waals surface area contributed by atoms with Crippen LogP contribution >= 0.6 is 0 Å². The van der Waals surface area contributed by atoms with Crippen LogP contribution < -0.4 is 10.0 Å². The topological polar surface area (TPSA) is 67.4 Å². The van der Waals surface area contributed by atoms with Crippen molar-refractivity contribution in [3.63, 3.8) is 0 Å². The fourth-order valence-corrected chi connectivity index (χ4v) is 3.43. The Hall–Kier alpha value is -0.170. The maximum Gasteiger partial charge on any atom is 0.214 e. The third-order valence-corrected chi connectivity index (χ3v) is 4.73. The van der Waals surface area contributed by atoms with Crippen LogP contribution in [-0.2, 0) is 14.8 Å². The Bertz CT molecular complexity index is 286. The molecule has 0 aromatic rings. The fourth-order valence-electron chi connectivity index (χ4n) is 1.83. The zero-order valence-corrected chi connectivity index (χ0v) is 10.8. The lowest BCUT2D eigenvalue weighted by Crippen LogP contribution is -2.43. The van der Waals surface area contributed by atoms with E-state index in [2.05, 4.69) is 10.0 Å². The lowest BCUT2D eigenvalue weighted by atomic mass is 10.2. The third-order valence-electron chi connectivity index (χ3n) is 2.81. The van der Waals surface area contributed by atoms with E-state index in [-0.39, 0.29) is 11.2 Å². The van der Waals surface area contributed by atoms with Crippen molar-refractivity contribution in [1.29, 1.82) is 0 Å². The Morgan fingerprint density at radius 2 is 2.06 bits per heavy atom. The summed E-state index contributed by atoms with van der Waals surface area (Å²) in [5.74, 6) is 0.210. The molecule has 1 rings (SSSR count). The summed E-state index contributed by atoms with van der Waals surface area (Å²) in [6, 6.07) is 0. The van der Waals surface area contributed by atoms with Gasteiger partial charge in [0.05, 0.1) is 5.25 Å². The molecular formula is C10H22N2O3S. The zero-order chi connectivity index (χ0) is 12.0. The molecule has 16 heavy (non-hydrogen) atoms. The first-order valence-corrected chi connectivity index (χ1v) is 7.29. The van der Waals surface area contributed by atoms with Crippen molar-refractivity contribution in [2.75, 3.05) is 33.4 Å². The minimum absolute atomic E-state index is 0.210. The van der Waals surface area contributed by atoms with Crippen molar-refractivity contribution < 1.29 is 13.2 Å². The predicted molar refractivity (Wildman–Crippen MR) is 63.9 cm³/mol. The smallest absolute Gasteiger partial charge is 0.214 e. The molecule has 2 N–H and O–H groups in total. The maximum absolute atomic E-state index is 11.9. The summed E-state index contributed by atoms with van der Waals surface area (Å²) < 4.78 is 31.5. The first kappa shape index (κ1) is 13.9. The number of hydrogen-bond donors (Lipinski definition) is 2. The largest absolute Gasteiger partial charge is 0.384 e. The molecule has 5 nitrogen and oxygen atoms in total. The average molecular weight is 250 g/mol. The SMILES string of the molecule is COCC(C)CNS(=O)(=O)C1CCNCC1. The van der Waals surface area contributed by atoms with Gasteiger partial charge in [0.25, 0.3) is 0 Å². The molecule has 0 aromatic carbocycles. The van der Waals surface area contributed by atoms with Crippen LogP contribution in [0.2, 0.25) is 0 Å². The van der Waals surface area contributed by atoms with Crippen molar-refractivity contribution >= 4 is 10.0 Å². The van der Waals surface area contributed by atoms with Gasteiger partial charge in [0, 0.05) is 20.3 Å². The summed E-state index contributed by atoms with van der Waals surface area (Å²) in [7, 11) is -1.52. The lowest BCUT2D eigenvalue weighted by Gasteiger charge is -2.23. The Balaban J connectivity index is 2.38. The average Bonchev–Trinajstić information content (AvgIpc) is 2.28. The van der Waals surface area contributed by atoms with E-state index in [0.29, 0.717) is 26.0 Å². The van der Waals surface area contributed by atoms with Gasteiger partial charge in [-0.3, -0.25) is 0 Å². The molecule has 0 bridgehead atoms. The first-order valence-electron chi connectivity index (χ1n) is 5.74. The number of sulfonamides is 1. The third kappa shape index (κ3) is 4.37. The van der Waals surface area contributed by atoms with Crippen LogP contribution in [0, 0.1) is 5.92 Å². The summed E-state index contributed by atoms with van der Waals surface area (Å²) in [5.41, 5.74) is 0. The number of methoxy groups -OCH3 is 1. The molecule has 1 heterocycles. The molecule has 0 aliphatic carbocycles. The molecule has 1 unspecified atom stereocenters. The predicted octanol–water partition coefficient (Wildman–Crippen LogP) is -0.0597. The van der Waals surface area contributed by atoms with Crippen LogP contribution in [0.15, 0.2) is 0 Å². The van der Waals surface area contributed by atoms with Crippen LogP contribution in [0.4, 0.5) is 0 Å². The minimum Gasteiger partial charge on any atom is -0.384 e. The van der Waals surface area contributed by atoms with E-state index in [1.807, 2.05) is 6.92 Å². The summed E-state index contributed by atoms with van der Waals surface area (Å²) in [5, 5.41) is 2.93. The number of piperidine rings is 1. The second-order valence-corrected chi connectivity index (χ2v) is 6.45. The van der Waals surface area contributed by atoms with Gasteiger partial charge >= 0.3 is 0 Å². The van der Waals surface area contributed by atoms with Crippen LogP contribution in [0.25, 0.3) is 0 Å². The lowest BCUT2D eigenvalue weighted by molar-refractivity contribution is 0.161. The van der Waals surface area contributed by atoms with Crippen LogP contribution in [0.3, 0.4) is 0 Å². The van der Waals surface area contributed by atoms with Crippen molar-refractivity contribution in [3.05, 3.63) is 0 Å². The number of nitrogens with one attached hydrogen (secondary N) is 2. The Kier molecular flexibility index (Phi) is 5.68. The van der Waals surface area contributed by atoms with Crippen LogP contribution in [0.5, 0.6) is 0 Å². The molecule has 6 heteroatoms. The molecule has 96 valence electrons. The number of ether oxygens (including phenoxy) is 1. The summed E-state index contributed by atoms with van der Waals surface area (Å²) >= 11 is 0. The second-order valence-electron chi connectivity index (χ2n) is 4.40. The number of rotatable bonds is 6. The minimum atomic E-state index is -3.14. The molecule has 1 atom stereocenters. The van der Waals surface area contributed by atoms with E-state index in [0.717, 1.165) is 13.1 Å². The second kappa shape index (κ2) is 6.54. The van der Waals surface area contributed by atoms with E-state index in [1.54, 1.807) is 7.11 Å². The fraction of sp³-hybridized carbons (Fsp3) is 1.00. The van der Waals surface area contributed by atoms with Gasteiger partial charge in [0.1, 0.15) is 0 Å². The Labute approximate surface area is 98.0 Å². The Morgan fingerprint density at radius 1 is 1.44 bits per heavy atom. The molecule has 1 saturated heterocycles. The van der Waals surface area contributed by atoms with Crippen molar-refractivity contribution in [3.8, 4) is 0 Å². The van der Waals surface area contributed by atoms with E-state index in [9.17, 15) is 8.42 Å². The van der Waals surface area contributed by atoms with Crippen LogP contribution in [-0.4, -0.2) is 47.0 Å². The monoisotopic (exact) mass is 250 g/mol. The molecule has 0 spiro atoms. The standard InChI is InChI=1S/C10H22N2O3S/c1-9(8-15-2)7-12-16(13,14)10-3-5-11-6-4-10/h9-12H,3-8H2,1-2H3. The summed E-state index contributed by atoms with van der Waals surface area (Å²) in [6.07, 6.45) is 1.40. The van der Waals surface area contributed by atoms with E-state index in [4.69, 9.17) is 4.74 Å². The molecular weight excluding hydrogens is 228 g/mol. The van der Waals surface area contributed by atoms with E-state index in [1.165, 1.54) is 0 Å². The molecule has 1 fully saturated rings. The molecule has 0 saturated carbocycles. The highest BCUT2D eigenvalue weighted by Crippen LogP contribution is 2.12. The normalized spacial score (nSPS) is 20.9. The highest BCUT2D eigenvalue weighted by molar-refractivity contribution is 7.90.